The second-order valence-corrected chi connectivity index (χ2v) is 9.69. The van der Waals surface area contributed by atoms with Crippen LogP contribution in [0.5, 0.6) is 0 Å². The molecule has 184 valence electrons. The van der Waals surface area contributed by atoms with Gasteiger partial charge in [0.2, 0.25) is 5.91 Å². The van der Waals surface area contributed by atoms with Crippen LogP contribution in [0.15, 0.2) is 46.9 Å². The molecule has 5 rings (SSSR count). The van der Waals surface area contributed by atoms with Gasteiger partial charge in [0.05, 0.1) is 10.7 Å². The van der Waals surface area contributed by atoms with Crippen LogP contribution in [0, 0.1) is 6.92 Å². The van der Waals surface area contributed by atoms with Gasteiger partial charge < -0.3 is 9.74 Å². The van der Waals surface area contributed by atoms with Crippen molar-refractivity contribution in [2.45, 2.75) is 50.9 Å². The SMILES string of the molecule is Cc1cc(C(F)(F)F)nn1CC(=O)N1CCC(c2nc(C3=NO[C@H](c4ccccc4)C3)cs2)CC1. The number of benzene rings is 1. The lowest BCUT2D eigenvalue weighted by Gasteiger charge is -2.31. The molecule has 0 spiro atoms. The van der Waals surface area contributed by atoms with Gasteiger partial charge in [-0.3, -0.25) is 9.48 Å². The first kappa shape index (κ1) is 23.5. The van der Waals surface area contributed by atoms with E-state index in [0.29, 0.717) is 25.2 Å². The van der Waals surface area contributed by atoms with Crippen LogP contribution in [0.4, 0.5) is 13.2 Å². The molecule has 1 saturated heterocycles. The molecule has 3 aromatic rings. The topological polar surface area (TPSA) is 72.6 Å². The molecule has 1 amide bonds. The number of piperidine rings is 1. The van der Waals surface area contributed by atoms with E-state index < -0.39 is 11.9 Å². The van der Waals surface area contributed by atoms with E-state index in [1.54, 1.807) is 16.2 Å². The molecule has 0 N–H and O–H groups in total. The number of rotatable bonds is 5. The summed E-state index contributed by atoms with van der Waals surface area (Å²) in [5, 5.41) is 10.8. The zero-order chi connectivity index (χ0) is 24.6. The Labute approximate surface area is 204 Å². The summed E-state index contributed by atoms with van der Waals surface area (Å²) in [6.07, 6.45) is -2.46. The van der Waals surface area contributed by atoms with Crippen LogP contribution < -0.4 is 0 Å². The van der Waals surface area contributed by atoms with Crippen molar-refractivity contribution in [1.29, 1.82) is 0 Å². The Hall–Kier alpha value is -3.21. The number of alkyl halides is 3. The van der Waals surface area contributed by atoms with E-state index >= 15 is 0 Å². The molecule has 35 heavy (non-hydrogen) atoms. The van der Waals surface area contributed by atoms with Crippen molar-refractivity contribution in [2.24, 2.45) is 5.16 Å². The summed E-state index contributed by atoms with van der Waals surface area (Å²) < 4.78 is 39.8. The second kappa shape index (κ2) is 9.44. The number of aryl methyl sites for hydroxylation is 1. The molecule has 1 fully saturated rings. The summed E-state index contributed by atoms with van der Waals surface area (Å²) in [5.74, 6) is 0.00142. The molecule has 2 aliphatic heterocycles. The maximum absolute atomic E-state index is 12.9. The summed E-state index contributed by atoms with van der Waals surface area (Å²) >= 11 is 1.59. The summed E-state index contributed by atoms with van der Waals surface area (Å²) in [5.41, 5.74) is 2.08. The lowest BCUT2D eigenvalue weighted by Crippen LogP contribution is -2.40. The fourth-order valence-electron chi connectivity index (χ4n) is 4.40. The zero-order valence-corrected chi connectivity index (χ0v) is 19.8. The Morgan fingerprint density at radius 3 is 2.63 bits per heavy atom. The van der Waals surface area contributed by atoms with Crippen LogP contribution in [0.2, 0.25) is 0 Å². The average Bonchev–Trinajstić information content (AvgIpc) is 3.60. The molecule has 1 atom stereocenters. The zero-order valence-electron chi connectivity index (χ0n) is 19.0. The van der Waals surface area contributed by atoms with E-state index in [1.165, 1.54) is 6.92 Å². The minimum Gasteiger partial charge on any atom is -0.387 e. The number of hydrogen-bond donors (Lipinski definition) is 0. The number of aromatic nitrogens is 3. The van der Waals surface area contributed by atoms with Gasteiger partial charge >= 0.3 is 6.18 Å². The molecule has 0 radical (unpaired) electrons. The number of oxime groups is 1. The number of carbonyl (C=O) groups excluding carboxylic acids is 1. The highest BCUT2D eigenvalue weighted by Gasteiger charge is 2.35. The summed E-state index contributed by atoms with van der Waals surface area (Å²) in [6, 6.07) is 10.9. The monoisotopic (exact) mass is 503 g/mol. The highest BCUT2D eigenvalue weighted by molar-refractivity contribution is 7.10. The Bertz CT molecular complexity index is 1230. The molecule has 4 heterocycles. The molecule has 2 aromatic heterocycles. The molecule has 0 bridgehead atoms. The first-order chi connectivity index (χ1) is 16.8. The quantitative estimate of drug-likeness (QED) is 0.495. The van der Waals surface area contributed by atoms with Gasteiger partial charge in [0.25, 0.3) is 0 Å². The molecule has 0 unspecified atom stereocenters. The second-order valence-electron chi connectivity index (χ2n) is 8.80. The summed E-state index contributed by atoms with van der Waals surface area (Å²) in [4.78, 5) is 24.8. The lowest BCUT2D eigenvalue weighted by atomic mass is 9.97. The number of amides is 1. The van der Waals surface area contributed by atoms with E-state index in [0.717, 1.165) is 45.6 Å². The van der Waals surface area contributed by atoms with Crippen molar-refractivity contribution in [3.05, 3.63) is 69.4 Å². The van der Waals surface area contributed by atoms with Gasteiger partial charge in [-0.05, 0) is 31.4 Å². The summed E-state index contributed by atoms with van der Waals surface area (Å²) in [6.45, 7) is 2.38. The molecule has 11 heteroatoms. The fraction of sp³-hybridized carbons (Fsp3) is 0.417. The van der Waals surface area contributed by atoms with Gasteiger partial charge in [-0.1, -0.05) is 35.5 Å². The third-order valence-corrected chi connectivity index (χ3v) is 7.42. The van der Waals surface area contributed by atoms with Gasteiger partial charge in [0, 0.05) is 36.5 Å². The van der Waals surface area contributed by atoms with E-state index in [-0.39, 0.29) is 24.5 Å². The van der Waals surface area contributed by atoms with Crippen molar-refractivity contribution in [1.82, 2.24) is 19.7 Å². The number of nitrogens with zero attached hydrogens (tertiary/aromatic N) is 5. The minimum absolute atomic E-state index is 0.101. The van der Waals surface area contributed by atoms with Gasteiger partial charge in [-0.15, -0.1) is 11.3 Å². The van der Waals surface area contributed by atoms with Crippen LogP contribution in [-0.2, 0) is 22.4 Å². The van der Waals surface area contributed by atoms with Gasteiger partial charge in [-0.25, -0.2) is 4.98 Å². The standard InChI is InChI=1S/C24H24F3N5O2S/c1-15-11-21(24(25,26)27)29-32(15)13-22(33)31-9-7-17(8-10-31)23-28-19(14-35-23)18-12-20(34-30-18)16-5-3-2-4-6-16/h2-6,11,14,17,20H,7-10,12-13H2,1H3/t20-/m0/s1. The van der Waals surface area contributed by atoms with Crippen LogP contribution in [-0.4, -0.2) is 44.4 Å². The predicted octanol–water partition coefficient (Wildman–Crippen LogP) is 4.94. The predicted molar refractivity (Wildman–Crippen MR) is 124 cm³/mol. The van der Waals surface area contributed by atoms with Crippen molar-refractivity contribution < 1.29 is 22.8 Å². The molecule has 0 aliphatic carbocycles. The van der Waals surface area contributed by atoms with Crippen molar-refractivity contribution in [3.63, 3.8) is 0 Å². The van der Waals surface area contributed by atoms with Crippen molar-refractivity contribution in [2.75, 3.05) is 13.1 Å². The molecule has 0 saturated carbocycles. The highest BCUT2D eigenvalue weighted by atomic mass is 32.1. The Kier molecular flexibility index (Phi) is 6.35. The normalized spacial score (nSPS) is 19.0. The van der Waals surface area contributed by atoms with Crippen LogP contribution in [0.25, 0.3) is 0 Å². The van der Waals surface area contributed by atoms with E-state index in [1.807, 2.05) is 35.7 Å². The molecule has 2 aliphatic rings. The number of hydrogen-bond acceptors (Lipinski definition) is 6. The largest absolute Gasteiger partial charge is 0.435 e. The van der Waals surface area contributed by atoms with E-state index in [4.69, 9.17) is 9.82 Å². The van der Waals surface area contributed by atoms with Crippen LogP contribution in [0.3, 0.4) is 0 Å². The number of likely N-dealkylation sites (tertiary alicyclic amines) is 1. The Morgan fingerprint density at radius 2 is 1.94 bits per heavy atom. The Morgan fingerprint density at radius 1 is 1.20 bits per heavy atom. The maximum Gasteiger partial charge on any atom is 0.435 e. The van der Waals surface area contributed by atoms with Crippen molar-refractivity contribution >= 4 is 23.0 Å². The van der Waals surface area contributed by atoms with Crippen LogP contribution in [0.1, 0.15) is 58.9 Å². The van der Waals surface area contributed by atoms with E-state index in [2.05, 4.69) is 10.3 Å². The molecule has 7 nitrogen and oxygen atoms in total. The number of carbonyl (C=O) groups is 1. The molecular formula is C24H24F3N5O2S. The summed E-state index contributed by atoms with van der Waals surface area (Å²) in [7, 11) is 0. The molecular weight excluding hydrogens is 479 g/mol. The van der Waals surface area contributed by atoms with Gasteiger partial charge in [0.1, 0.15) is 12.3 Å². The highest BCUT2D eigenvalue weighted by Crippen LogP contribution is 2.34. The van der Waals surface area contributed by atoms with Gasteiger partial charge in [-0.2, -0.15) is 18.3 Å². The third kappa shape index (κ3) is 5.09. The third-order valence-electron chi connectivity index (χ3n) is 6.41. The van der Waals surface area contributed by atoms with Gasteiger partial charge in [0.15, 0.2) is 11.8 Å². The van der Waals surface area contributed by atoms with Crippen LogP contribution >= 0.6 is 11.3 Å². The number of halogens is 3. The fourth-order valence-corrected chi connectivity index (χ4v) is 5.40. The maximum atomic E-state index is 12.9. The minimum atomic E-state index is -4.53. The van der Waals surface area contributed by atoms with E-state index in [9.17, 15) is 18.0 Å². The first-order valence-electron chi connectivity index (χ1n) is 11.4. The smallest absolute Gasteiger partial charge is 0.387 e. The lowest BCUT2D eigenvalue weighted by molar-refractivity contribution is -0.142. The van der Waals surface area contributed by atoms with Crippen molar-refractivity contribution in [3.8, 4) is 0 Å². The Balaban J connectivity index is 1.15. The number of thiazole rings is 1. The molecule has 1 aromatic carbocycles. The average molecular weight is 504 g/mol. The first-order valence-corrected chi connectivity index (χ1v) is 12.3.